The van der Waals surface area contributed by atoms with Crippen LogP contribution in [0.25, 0.3) is 22.2 Å². The second-order valence-corrected chi connectivity index (χ2v) is 11.1. The van der Waals surface area contributed by atoms with E-state index in [0.29, 0.717) is 30.8 Å². The number of esters is 1. The number of likely N-dealkylation sites (N-methyl/N-ethyl adjacent to an activating group) is 1. The van der Waals surface area contributed by atoms with Crippen LogP contribution >= 0.6 is 0 Å². The maximum absolute atomic E-state index is 12.9. The van der Waals surface area contributed by atoms with Gasteiger partial charge in [-0.2, -0.15) is 0 Å². The van der Waals surface area contributed by atoms with Gasteiger partial charge in [0.1, 0.15) is 11.4 Å². The Balaban J connectivity index is 1.66. The molecule has 0 radical (unpaired) electrons. The van der Waals surface area contributed by atoms with Crippen LogP contribution in [-0.4, -0.2) is 47.2 Å². The summed E-state index contributed by atoms with van der Waals surface area (Å²) >= 11 is 0. The molecule has 0 bridgehead atoms. The fraction of sp³-hybridized carbons (Fsp3) is 0.364. The van der Waals surface area contributed by atoms with Gasteiger partial charge in [0.2, 0.25) is 0 Å². The predicted octanol–water partition coefficient (Wildman–Crippen LogP) is 5.92. The molecular weight excluding hydrogens is 500 g/mol. The Hall–Kier alpha value is -3.97. The lowest BCUT2D eigenvalue weighted by Crippen LogP contribution is -2.30. The fourth-order valence-electron chi connectivity index (χ4n) is 4.78. The highest BCUT2D eigenvalue weighted by Gasteiger charge is 2.21. The zero-order chi connectivity index (χ0) is 28.9. The minimum atomic E-state index is -0.566. The molecule has 7 heteroatoms. The lowest BCUT2D eigenvalue weighted by Gasteiger charge is -2.20. The first-order chi connectivity index (χ1) is 19.1. The van der Waals surface area contributed by atoms with Gasteiger partial charge in [-0.15, -0.1) is 0 Å². The van der Waals surface area contributed by atoms with Crippen LogP contribution in [0.5, 0.6) is 0 Å². The number of carbonyl (C=O) groups is 2. The van der Waals surface area contributed by atoms with E-state index in [1.165, 1.54) is 0 Å². The van der Waals surface area contributed by atoms with Gasteiger partial charge in [0.05, 0.1) is 16.6 Å². The molecule has 2 N–H and O–H groups in total. The van der Waals surface area contributed by atoms with Gasteiger partial charge in [0.25, 0.3) is 5.91 Å². The van der Waals surface area contributed by atoms with Crippen LogP contribution < -0.4 is 10.6 Å². The minimum absolute atomic E-state index is 0.0851. The van der Waals surface area contributed by atoms with Crippen molar-refractivity contribution >= 4 is 22.9 Å². The Morgan fingerprint density at radius 3 is 2.40 bits per heavy atom. The van der Waals surface area contributed by atoms with E-state index < -0.39 is 5.60 Å². The summed E-state index contributed by atoms with van der Waals surface area (Å²) in [6.07, 6.45) is 1.82. The van der Waals surface area contributed by atoms with Crippen molar-refractivity contribution in [3.63, 3.8) is 0 Å². The van der Waals surface area contributed by atoms with Gasteiger partial charge >= 0.3 is 5.97 Å². The second-order valence-electron chi connectivity index (χ2n) is 11.1. The number of benzene rings is 3. The summed E-state index contributed by atoms with van der Waals surface area (Å²) in [5, 5.41) is 6.02. The average Bonchev–Trinajstić information content (AvgIpc) is 3.26. The van der Waals surface area contributed by atoms with E-state index in [1.54, 1.807) is 6.07 Å². The first-order valence-electron chi connectivity index (χ1n) is 14.0. The third-order valence-corrected chi connectivity index (χ3v) is 6.67. The van der Waals surface area contributed by atoms with Gasteiger partial charge in [0.15, 0.2) is 0 Å². The Morgan fingerprint density at radius 1 is 1.00 bits per heavy atom. The molecule has 0 aliphatic heterocycles. The number of carbonyl (C=O) groups excluding carboxylic acids is 2. The van der Waals surface area contributed by atoms with Gasteiger partial charge in [-0.3, -0.25) is 4.79 Å². The second kappa shape index (κ2) is 12.5. The van der Waals surface area contributed by atoms with E-state index >= 15 is 0 Å². The zero-order valence-corrected chi connectivity index (χ0v) is 24.4. The maximum Gasteiger partial charge on any atom is 0.339 e. The molecule has 0 saturated carbocycles. The average molecular weight is 541 g/mol. The molecule has 0 saturated heterocycles. The lowest BCUT2D eigenvalue weighted by molar-refractivity contribution is 0.00703. The van der Waals surface area contributed by atoms with Crippen molar-refractivity contribution in [2.45, 2.75) is 59.6 Å². The first-order valence-corrected chi connectivity index (χ1v) is 14.0. The number of aromatic nitrogens is 2. The number of amides is 1. The molecule has 4 aromatic rings. The summed E-state index contributed by atoms with van der Waals surface area (Å²) in [5.41, 5.74) is 6.39. The molecule has 4 rings (SSSR count). The van der Waals surface area contributed by atoms with E-state index in [-0.39, 0.29) is 11.9 Å². The van der Waals surface area contributed by atoms with Gasteiger partial charge in [-0.1, -0.05) is 49.4 Å². The topological polar surface area (TPSA) is 85.3 Å². The minimum Gasteiger partial charge on any atom is -0.456 e. The molecule has 0 aliphatic rings. The SMILES string of the molecule is CCCc1nc2c(C)cc(C(=O)NCCNC)cc2n1Cc1ccc(-c2ccccc2C(=O)OC(C)(C)C)cc1. The maximum atomic E-state index is 12.9. The highest BCUT2D eigenvalue weighted by Crippen LogP contribution is 2.28. The molecule has 1 amide bonds. The largest absolute Gasteiger partial charge is 0.456 e. The van der Waals surface area contributed by atoms with Crippen LogP contribution in [0.15, 0.2) is 60.7 Å². The lowest BCUT2D eigenvalue weighted by atomic mass is 9.98. The number of aryl methyl sites for hydroxylation is 2. The number of ether oxygens (including phenoxy) is 1. The Labute approximate surface area is 237 Å². The summed E-state index contributed by atoms with van der Waals surface area (Å²) in [5.74, 6) is 0.591. The molecule has 0 unspecified atom stereocenters. The summed E-state index contributed by atoms with van der Waals surface area (Å²) in [4.78, 5) is 30.7. The van der Waals surface area contributed by atoms with Crippen molar-refractivity contribution in [2.75, 3.05) is 20.1 Å². The molecule has 3 aromatic carbocycles. The summed E-state index contributed by atoms with van der Waals surface area (Å²) < 4.78 is 7.86. The van der Waals surface area contributed by atoms with Gasteiger partial charge < -0.3 is 19.9 Å². The number of imidazole rings is 1. The number of fused-ring (bicyclic) bond motifs is 1. The van der Waals surface area contributed by atoms with Crippen molar-refractivity contribution in [3.05, 3.63) is 88.7 Å². The van der Waals surface area contributed by atoms with E-state index in [4.69, 9.17) is 9.72 Å². The van der Waals surface area contributed by atoms with Crippen LogP contribution in [0.3, 0.4) is 0 Å². The normalized spacial score (nSPS) is 11.6. The third kappa shape index (κ3) is 6.77. The van der Waals surface area contributed by atoms with Crippen molar-refractivity contribution in [1.29, 1.82) is 0 Å². The van der Waals surface area contributed by atoms with Crippen molar-refractivity contribution in [2.24, 2.45) is 0 Å². The Kier molecular flexibility index (Phi) is 9.05. The smallest absolute Gasteiger partial charge is 0.339 e. The highest BCUT2D eigenvalue weighted by atomic mass is 16.6. The van der Waals surface area contributed by atoms with Gasteiger partial charge in [0, 0.05) is 31.6 Å². The molecule has 1 aromatic heterocycles. The quantitative estimate of drug-likeness (QED) is 0.193. The van der Waals surface area contributed by atoms with Crippen molar-refractivity contribution in [3.8, 4) is 11.1 Å². The Bertz CT molecular complexity index is 1500. The van der Waals surface area contributed by atoms with Crippen LogP contribution in [0.4, 0.5) is 0 Å². The van der Waals surface area contributed by atoms with E-state index in [0.717, 1.165) is 52.0 Å². The van der Waals surface area contributed by atoms with E-state index in [9.17, 15) is 9.59 Å². The van der Waals surface area contributed by atoms with Gasteiger partial charge in [-0.25, -0.2) is 9.78 Å². The first kappa shape index (κ1) is 29.0. The monoisotopic (exact) mass is 540 g/mol. The van der Waals surface area contributed by atoms with Crippen molar-refractivity contribution in [1.82, 2.24) is 20.2 Å². The number of hydrogen-bond donors (Lipinski definition) is 2. The molecule has 7 nitrogen and oxygen atoms in total. The third-order valence-electron chi connectivity index (χ3n) is 6.67. The number of hydrogen-bond acceptors (Lipinski definition) is 5. The molecule has 0 fully saturated rings. The molecule has 1 heterocycles. The summed E-state index contributed by atoms with van der Waals surface area (Å²) in [6.45, 7) is 11.7. The number of nitrogens with one attached hydrogen (secondary N) is 2. The molecule has 0 spiro atoms. The zero-order valence-electron chi connectivity index (χ0n) is 24.4. The summed E-state index contributed by atoms with van der Waals surface area (Å²) in [7, 11) is 1.86. The number of nitrogens with zero attached hydrogens (tertiary/aromatic N) is 2. The van der Waals surface area contributed by atoms with Crippen LogP contribution in [-0.2, 0) is 17.7 Å². The Morgan fingerprint density at radius 2 is 1.73 bits per heavy atom. The molecular formula is C33H40N4O3. The van der Waals surface area contributed by atoms with E-state index in [1.807, 2.05) is 77.2 Å². The molecule has 210 valence electrons. The van der Waals surface area contributed by atoms with Crippen LogP contribution in [0.2, 0.25) is 0 Å². The molecule has 0 aliphatic carbocycles. The van der Waals surface area contributed by atoms with Crippen molar-refractivity contribution < 1.29 is 14.3 Å². The highest BCUT2D eigenvalue weighted by molar-refractivity contribution is 5.99. The fourth-order valence-corrected chi connectivity index (χ4v) is 4.78. The molecule has 40 heavy (non-hydrogen) atoms. The van der Waals surface area contributed by atoms with Gasteiger partial charge in [-0.05, 0) is 81.6 Å². The predicted molar refractivity (Wildman–Crippen MR) is 161 cm³/mol. The summed E-state index contributed by atoms with van der Waals surface area (Å²) in [6, 6.07) is 19.7. The van der Waals surface area contributed by atoms with Crippen LogP contribution in [0.1, 0.15) is 71.8 Å². The van der Waals surface area contributed by atoms with Crippen LogP contribution in [0, 0.1) is 6.92 Å². The molecule has 0 atom stereocenters. The van der Waals surface area contributed by atoms with E-state index in [2.05, 4.69) is 34.3 Å². The standard InChI is InChI=1S/C33H40N4O3/c1-7-10-29-36-30-22(2)19-25(31(38)35-18-17-34-6)20-28(30)37(29)21-23-13-15-24(16-14-23)26-11-8-9-12-27(26)32(39)40-33(3,4)5/h8-9,11-16,19-20,34H,7,10,17-18,21H2,1-6H3,(H,35,38). The number of rotatable bonds is 10.